The Morgan fingerprint density at radius 1 is 1.09 bits per heavy atom. The van der Waals surface area contributed by atoms with Gasteiger partial charge in [-0.05, 0) is 68.9 Å². The van der Waals surface area contributed by atoms with E-state index < -0.39 is 6.04 Å². The van der Waals surface area contributed by atoms with Crippen molar-refractivity contribution in [1.29, 1.82) is 0 Å². The number of rotatable bonds is 10. The van der Waals surface area contributed by atoms with E-state index in [9.17, 15) is 14.0 Å². The van der Waals surface area contributed by atoms with Crippen LogP contribution >= 0.6 is 0 Å². The zero-order valence-electron chi connectivity index (χ0n) is 18.6. The maximum atomic E-state index is 13.3. The van der Waals surface area contributed by atoms with E-state index in [1.807, 2.05) is 18.2 Å². The van der Waals surface area contributed by atoms with Crippen molar-refractivity contribution in [3.8, 4) is 5.75 Å². The molecule has 0 saturated heterocycles. The topological polar surface area (TPSA) is 58.6 Å². The molecule has 0 spiro atoms. The zero-order valence-corrected chi connectivity index (χ0v) is 18.6. The lowest BCUT2D eigenvalue weighted by Gasteiger charge is -2.29. The number of nitrogens with zero attached hydrogens (tertiary/aromatic N) is 1. The number of nitrogens with one attached hydrogen (secondary N) is 1. The van der Waals surface area contributed by atoms with Gasteiger partial charge in [0.15, 0.2) is 6.61 Å². The summed E-state index contributed by atoms with van der Waals surface area (Å²) < 4.78 is 18.9. The first-order chi connectivity index (χ1) is 15.5. The molecule has 2 aromatic rings. The molecular weight excluding hydrogens is 407 g/mol. The lowest BCUT2D eigenvalue weighted by atomic mass is 9.97. The molecule has 6 heteroatoms. The number of ether oxygens (including phenoxy) is 1. The highest BCUT2D eigenvalue weighted by Crippen LogP contribution is 2.19. The average Bonchev–Trinajstić information content (AvgIpc) is 2.83. The number of carbonyl (C=O) groups excluding carboxylic acids is 2. The summed E-state index contributed by atoms with van der Waals surface area (Å²) in [7, 11) is 0. The Hall–Kier alpha value is -3.15. The van der Waals surface area contributed by atoms with Crippen LogP contribution in [0.15, 0.2) is 66.2 Å². The first-order valence-corrected chi connectivity index (χ1v) is 11.2. The van der Waals surface area contributed by atoms with Crippen molar-refractivity contribution < 1.29 is 18.7 Å². The third-order valence-corrected chi connectivity index (χ3v) is 5.67. The van der Waals surface area contributed by atoms with Gasteiger partial charge in [-0.1, -0.05) is 42.0 Å². The highest BCUT2D eigenvalue weighted by Gasteiger charge is 2.26. The fraction of sp³-hybridized carbons (Fsp3) is 0.385. The molecule has 0 saturated carbocycles. The van der Waals surface area contributed by atoms with Crippen molar-refractivity contribution in [2.45, 2.75) is 51.6 Å². The molecule has 0 radical (unpaired) electrons. The maximum Gasteiger partial charge on any atom is 0.261 e. The molecule has 2 aromatic carbocycles. The molecule has 1 atom stereocenters. The van der Waals surface area contributed by atoms with Crippen molar-refractivity contribution in [3.05, 3.63) is 77.6 Å². The largest absolute Gasteiger partial charge is 0.484 e. The van der Waals surface area contributed by atoms with E-state index in [1.54, 1.807) is 31.2 Å². The van der Waals surface area contributed by atoms with Crippen LogP contribution in [0.3, 0.4) is 0 Å². The Morgan fingerprint density at radius 2 is 1.84 bits per heavy atom. The summed E-state index contributed by atoms with van der Waals surface area (Å²) in [6.07, 6.45) is 7.75. The van der Waals surface area contributed by atoms with Crippen molar-refractivity contribution in [1.82, 2.24) is 10.2 Å². The van der Waals surface area contributed by atoms with E-state index in [0.717, 1.165) is 24.8 Å². The summed E-state index contributed by atoms with van der Waals surface area (Å²) >= 11 is 0. The van der Waals surface area contributed by atoms with Gasteiger partial charge in [0.05, 0.1) is 0 Å². The highest BCUT2D eigenvalue weighted by molar-refractivity contribution is 5.87. The van der Waals surface area contributed by atoms with E-state index in [0.29, 0.717) is 12.3 Å². The normalized spacial score (nSPS) is 14.2. The number of carbonyl (C=O) groups is 2. The second kappa shape index (κ2) is 12.0. The Morgan fingerprint density at radius 3 is 2.53 bits per heavy atom. The van der Waals surface area contributed by atoms with Crippen LogP contribution in [0.5, 0.6) is 5.75 Å². The molecule has 0 heterocycles. The summed E-state index contributed by atoms with van der Waals surface area (Å²) in [4.78, 5) is 27.3. The van der Waals surface area contributed by atoms with Crippen LogP contribution in [-0.4, -0.2) is 35.9 Å². The highest BCUT2D eigenvalue weighted by atomic mass is 19.1. The molecule has 1 aliphatic rings. The van der Waals surface area contributed by atoms with Crippen molar-refractivity contribution in [2.24, 2.45) is 0 Å². The first kappa shape index (κ1) is 23.5. The Bertz CT molecular complexity index is 912. The smallest absolute Gasteiger partial charge is 0.261 e. The molecule has 2 amide bonds. The van der Waals surface area contributed by atoms with Crippen LogP contribution in [0, 0.1) is 5.82 Å². The van der Waals surface area contributed by atoms with Gasteiger partial charge in [0.2, 0.25) is 5.91 Å². The Kier molecular flexibility index (Phi) is 8.84. The van der Waals surface area contributed by atoms with Gasteiger partial charge < -0.3 is 15.0 Å². The third-order valence-electron chi connectivity index (χ3n) is 5.67. The predicted octanol–water partition coefficient (Wildman–Crippen LogP) is 4.63. The zero-order chi connectivity index (χ0) is 22.8. The first-order valence-electron chi connectivity index (χ1n) is 11.2. The van der Waals surface area contributed by atoms with E-state index in [4.69, 9.17) is 4.74 Å². The van der Waals surface area contributed by atoms with Crippen molar-refractivity contribution >= 4 is 11.8 Å². The minimum absolute atomic E-state index is 0.185. The number of amides is 2. The van der Waals surface area contributed by atoms with E-state index >= 15 is 0 Å². The summed E-state index contributed by atoms with van der Waals surface area (Å²) in [5, 5.41) is 2.96. The summed E-state index contributed by atoms with van der Waals surface area (Å²) in [6.45, 7) is 2.26. The molecule has 0 unspecified atom stereocenters. The van der Waals surface area contributed by atoms with Crippen molar-refractivity contribution in [2.75, 3.05) is 13.2 Å². The van der Waals surface area contributed by atoms with Gasteiger partial charge in [0, 0.05) is 13.1 Å². The second-order valence-corrected chi connectivity index (χ2v) is 8.07. The minimum Gasteiger partial charge on any atom is -0.484 e. The summed E-state index contributed by atoms with van der Waals surface area (Å²) in [6, 6.07) is 14.3. The number of halogens is 1. The monoisotopic (exact) mass is 438 g/mol. The van der Waals surface area contributed by atoms with Crippen LogP contribution in [0.2, 0.25) is 0 Å². The lowest BCUT2D eigenvalue weighted by Crippen LogP contribution is -2.49. The van der Waals surface area contributed by atoms with E-state index in [2.05, 4.69) is 11.4 Å². The van der Waals surface area contributed by atoms with Gasteiger partial charge in [-0.3, -0.25) is 9.59 Å². The molecule has 5 nitrogen and oxygen atoms in total. The molecular formula is C26H31FN2O3. The SMILES string of the molecule is C[C@H](C(=O)NCCC1=CCCCC1)N(Cc1ccc(F)cc1)C(=O)COc1ccccc1. The van der Waals surface area contributed by atoms with Crippen LogP contribution in [0.4, 0.5) is 4.39 Å². The van der Waals surface area contributed by atoms with Gasteiger partial charge >= 0.3 is 0 Å². The fourth-order valence-electron chi connectivity index (χ4n) is 3.74. The third kappa shape index (κ3) is 7.22. The molecule has 1 aliphatic carbocycles. The number of para-hydroxylation sites is 1. The number of hydrogen-bond donors (Lipinski definition) is 1. The van der Waals surface area contributed by atoms with Gasteiger partial charge in [-0.2, -0.15) is 0 Å². The standard InChI is InChI=1S/C26H31FN2O3/c1-20(26(31)28-17-16-21-8-4-2-5-9-21)29(18-22-12-14-23(27)15-13-22)25(30)19-32-24-10-6-3-7-11-24/h3,6-8,10-15,20H,2,4-5,9,16-19H2,1H3,(H,28,31)/t20-/m1/s1. The molecule has 1 N–H and O–H groups in total. The molecule has 0 aliphatic heterocycles. The van der Waals surface area contributed by atoms with Gasteiger partial charge in [0.1, 0.15) is 17.6 Å². The van der Waals surface area contributed by atoms with E-state index in [-0.39, 0.29) is 30.8 Å². The number of benzene rings is 2. The Labute approximate surface area is 189 Å². The molecule has 0 fully saturated rings. The predicted molar refractivity (Wildman–Crippen MR) is 123 cm³/mol. The maximum absolute atomic E-state index is 13.3. The fourth-order valence-corrected chi connectivity index (χ4v) is 3.74. The summed E-state index contributed by atoms with van der Waals surface area (Å²) in [5.41, 5.74) is 2.13. The molecule has 170 valence electrons. The van der Waals surface area contributed by atoms with Gasteiger partial charge in [0.25, 0.3) is 5.91 Å². The van der Waals surface area contributed by atoms with Crippen LogP contribution in [0.25, 0.3) is 0 Å². The minimum atomic E-state index is -0.688. The number of hydrogen-bond acceptors (Lipinski definition) is 3. The summed E-state index contributed by atoms with van der Waals surface area (Å²) in [5.74, 6) is -0.283. The van der Waals surface area contributed by atoms with E-state index in [1.165, 1.54) is 35.4 Å². The Balaban J connectivity index is 1.62. The lowest BCUT2D eigenvalue weighted by molar-refractivity contribution is -0.142. The van der Waals surface area contributed by atoms with Crippen LogP contribution in [0.1, 0.15) is 44.6 Å². The van der Waals surface area contributed by atoms with Gasteiger partial charge in [-0.15, -0.1) is 0 Å². The average molecular weight is 439 g/mol. The molecule has 0 bridgehead atoms. The quantitative estimate of drug-likeness (QED) is 0.551. The molecule has 32 heavy (non-hydrogen) atoms. The number of allylic oxidation sites excluding steroid dienone is 1. The van der Waals surface area contributed by atoms with Crippen LogP contribution < -0.4 is 10.1 Å². The van der Waals surface area contributed by atoms with Crippen LogP contribution in [-0.2, 0) is 16.1 Å². The van der Waals surface area contributed by atoms with Crippen molar-refractivity contribution in [3.63, 3.8) is 0 Å². The molecule has 0 aromatic heterocycles. The van der Waals surface area contributed by atoms with Gasteiger partial charge in [-0.25, -0.2) is 4.39 Å². The second-order valence-electron chi connectivity index (χ2n) is 8.07. The molecule has 3 rings (SSSR count).